The quantitative estimate of drug-likeness (QED) is 0.705. The third-order valence-electron chi connectivity index (χ3n) is 4.25. The van der Waals surface area contributed by atoms with E-state index in [2.05, 4.69) is 5.32 Å². The molecule has 2 rings (SSSR count). The molecule has 0 radical (unpaired) electrons. The number of nitrogens with zero attached hydrogens (tertiary/aromatic N) is 1. The first-order valence-corrected chi connectivity index (χ1v) is 9.17. The molecule has 0 saturated carbocycles. The van der Waals surface area contributed by atoms with E-state index in [1.54, 1.807) is 13.2 Å². The number of rotatable bonds is 8. The van der Waals surface area contributed by atoms with Crippen LogP contribution in [-0.4, -0.2) is 37.6 Å². The maximum Gasteiger partial charge on any atom is 0.238 e. The Hall–Kier alpha value is -1.59. The molecule has 4 nitrogen and oxygen atoms in total. The van der Waals surface area contributed by atoms with Crippen molar-refractivity contribution in [2.24, 2.45) is 0 Å². The highest BCUT2D eigenvalue weighted by Gasteiger charge is 2.13. The normalized spacial score (nSPS) is 11.0. The Bertz CT molecular complexity index is 765. The lowest BCUT2D eigenvalue weighted by Crippen LogP contribution is -2.35. The summed E-state index contributed by atoms with van der Waals surface area (Å²) in [4.78, 5) is 14.5. The Balaban J connectivity index is 2.05. The van der Waals surface area contributed by atoms with Crippen molar-refractivity contribution >= 4 is 34.8 Å². The van der Waals surface area contributed by atoms with Gasteiger partial charge in [-0.05, 0) is 48.7 Å². The van der Waals surface area contributed by atoms with E-state index < -0.39 is 0 Å². The van der Waals surface area contributed by atoms with Crippen LogP contribution in [0.2, 0.25) is 10.0 Å². The summed E-state index contributed by atoms with van der Waals surface area (Å²) >= 11 is 12.1. The van der Waals surface area contributed by atoms with E-state index in [9.17, 15) is 4.79 Å². The van der Waals surface area contributed by atoms with E-state index in [-0.39, 0.29) is 12.5 Å². The lowest BCUT2D eigenvalue weighted by atomic mass is 10.1. The van der Waals surface area contributed by atoms with Crippen LogP contribution in [0.4, 0.5) is 5.69 Å². The first kappa shape index (κ1) is 20.7. The molecule has 2 aromatic rings. The molecule has 0 unspecified atom stereocenters. The van der Waals surface area contributed by atoms with Crippen LogP contribution in [0.5, 0.6) is 0 Å². The Labute approximate surface area is 165 Å². The summed E-state index contributed by atoms with van der Waals surface area (Å²) in [5.41, 5.74) is 4.06. The molecule has 1 amide bonds. The second kappa shape index (κ2) is 9.93. The fourth-order valence-corrected chi connectivity index (χ4v) is 2.93. The predicted molar refractivity (Wildman–Crippen MR) is 108 cm³/mol. The average Bonchev–Trinajstić information content (AvgIpc) is 2.60. The monoisotopic (exact) mass is 394 g/mol. The van der Waals surface area contributed by atoms with Crippen molar-refractivity contribution < 1.29 is 9.53 Å². The standard InChI is InChI=1S/C20H24Cl2N2O2/c1-14-5-4-6-19(15(14)2)23-20(25)13-24(9-10-26-3)12-16-7-8-17(21)18(22)11-16/h4-8,11H,9-10,12-13H2,1-3H3,(H,23,25). The van der Waals surface area contributed by atoms with E-state index in [1.165, 1.54) is 0 Å². The van der Waals surface area contributed by atoms with Gasteiger partial charge in [-0.25, -0.2) is 0 Å². The van der Waals surface area contributed by atoms with Crippen LogP contribution in [0, 0.1) is 13.8 Å². The van der Waals surface area contributed by atoms with Crippen LogP contribution in [0.1, 0.15) is 16.7 Å². The van der Waals surface area contributed by atoms with Crippen molar-refractivity contribution in [1.29, 1.82) is 0 Å². The number of hydrogen-bond donors (Lipinski definition) is 1. The largest absolute Gasteiger partial charge is 0.383 e. The lowest BCUT2D eigenvalue weighted by molar-refractivity contribution is -0.117. The fourth-order valence-electron chi connectivity index (χ4n) is 2.61. The maximum atomic E-state index is 12.5. The molecule has 0 fully saturated rings. The third kappa shape index (κ3) is 5.99. The Morgan fingerprint density at radius 1 is 1.15 bits per heavy atom. The van der Waals surface area contributed by atoms with Gasteiger partial charge in [-0.1, -0.05) is 41.4 Å². The van der Waals surface area contributed by atoms with Gasteiger partial charge in [0.2, 0.25) is 5.91 Å². The predicted octanol–water partition coefficient (Wildman–Crippen LogP) is 4.70. The zero-order valence-electron chi connectivity index (χ0n) is 15.3. The summed E-state index contributed by atoms with van der Waals surface area (Å²) in [5.74, 6) is -0.0603. The fraction of sp³-hybridized carbons (Fsp3) is 0.350. The molecule has 0 saturated heterocycles. The zero-order valence-corrected chi connectivity index (χ0v) is 16.8. The maximum absolute atomic E-state index is 12.5. The van der Waals surface area contributed by atoms with E-state index in [0.717, 1.165) is 22.4 Å². The zero-order chi connectivity index (χ0) is 19.1. The second-order valence-corrected chi connectivity index (χ2v) is 7.06. The highest BCUT2D eigenvalue weighted by molar-refractivity contribution is 6.42. The minimum Gasteiger partial charge on any atom is -0.383 e. The lowest BCUT2D eigenvalue weighted by Gasteiger charge is -2.22. The van der Waals surface area contributed by atoms with Crippen LogP contribution in [0.3, 0.4) is 0 Å². The molecule has 0 bridgehead atoms. The first-order chi connectivity index (χ1) is 12.4. The molecule has 0 aliphatic heterocycles. The number of benzene rings is 2. The van der Waals surface area contributed by atoms with Crippen LogP contribution < -0.4 is 5.32 Å². The van der Waals surface area contributed by atoms with Crippen LogP contribution in [0.25, 0.3) is 0 Å². The van der Waals surface area contributed by atoms with E-state index in [0.29, 0.717) is 29.7 Å². The molecule has 0 heterocycles. The number of anilines is 1. The van der Waals surface area contributed by atoms with Gasteiger partial charge in [-0.15, -0.1) is 0 Å². The number of methoxy groups -OCH3 is 1. The first-order valence-electron chi connectivity index (χ1n) is 8.42. The van der Waals surface area contributed by atoms with Crippen molar-refractivity contribution in [2.75, 3.05) is 32.1 Å². The number of nitrogens with one attached hydrogen (secondary N) is 1. The van der Waals surface area contributed by atoms with Crippen molar-refractivity contribution in [2.45, 2.75) is 20.4 Å². The summed E-state index contributed by atoms with van der Waals surface area (Å²) in [7, 11) is 1.65. The summed E-state index contributed by atoms with van der Waals surface area (Å²) in [6, 6.07) is 11.4. The molecule has 0 aromatic heterocycles. The van der Waals surface area contributed by atoms with Crippen LogP contribution in [-0.2, 0) is 16.1 Å². The van der Waals surface area contributed by atoms with Crippen LogP contribution >= 0.6 is 23.2 Å². The summed E-state index contributed by atoms with van der Waals surface area (Å²) in [5, 5.41) is 4.03. The second-order valence-electron chi connectivity index (χ2n) is 6.25. The summed E-state index contributed by atoms with van der Waals surface area (Å²) in [6.07, 6.45) is 0. The van der Waals surface area contributed by atoms with Gasteiger partial charge in [0.15, 0.2) is 0 Å². The van der Waals surface area contributed by atoms with E-state index in [1.807, 2.05) is 49.1 Å². The van der Waals surface area contributed by atoms with E-state index in [4.69, 9.17) is 27.9 Å². The Kier molecular flexibility index (Phi) is 7.91. The van der Waals surface area contributed by atoms with Crippen molar-refractivity contribution in [1.82, 2.24) is 4.90 Å². The Morgan fingerprint density at radius 3 is 2.62 bits per heavy atom. The third-order valence-corrected chi connectivity index (χ3v) is 4.99. The number of carbonyl (C=O) groups is 1. The molecular formula is C20H24Cl2N2O2. The number of carbonyl (C=O) groups excluding carboxylic acids is 1. The Morgan fingerprint density at radius 2 is 1.92 bits per heavy atom. The molecule has 6 heteroatoms. The minimum atomic E-state index is -0.0603. The van der Waals surface area contributed by atoms with Gasteiger partial charge in [-0.3, -0.25) is 9.69 Å². The van der Waals surface area contributed by atoms with Gasteiger partial charge in [0, 0.05) is 25.9 Å². The van der Waals surface area contributed by atoms with Gasteiger partial charge in [0.1, 0.15) is 0 Å². The smallest absolute Gasteiger partial charge is 0.238 e. The molecule has 0 aliphatic carbocycles. The molecule has 1 N–H and O–H groups in total. The van der Waals surface area contributed by atoms with Crippen LogP contribution in [0.15, 0.2) is 36.4 Å². The molecule has 140 valence electrons. The van der Waals surface area contributed by atoms with Gasteiger partial charge >= 0.3 is 0 Å². The molecule has 2 aromatic carbocycles. The molecule has 0 aliphatic rings. The summed E-state index contributed by atoms with van der Waals surface area (Å²) in [6.45, 7) is 6.05. The number of hydrogen-bond acceptors (Lipinski definition) is 3. The highest BCUT2D eigenvalue weighted by atomic mass is 35.5. The van der Waals surface area contributed by atoms with Crippen molar-refractivity contribution in [3.8, 4) is 0 Å². The summed E-state index contributed by atoms with van der Waals surface area (Å²) < 4.78 is 5.17. The molecule has 26 heavy (non-hydrogen) atoms. The minimum absolute atomic E-state index is 0.0603. The number of halogens is 2. The van der Waals surface area contributed by atoms with Gasteiger partial charge in [0.25, 0.3) is 0 Å². The van der Waals surface area contributed by atoms with Gasteiger partial charge < -0.3 is 10.1 Å². The van der Waals surface area contributed by atoms with Gasteiger partial charge in [-0.2, -0.15) is 0 Å². The van der Waals surface area contributed by atoms with Crippen molar-refractivity contribution in [3.63, 3.8) is 0 Å². The molecular weight excluding hydrogens is 371 g/mol. The highest BCUT2D eigenvalue weighted by Crippen LogP contribution is 2.23. The topological polar surface area (TPSA) is 41.6 Å². The van der Waals surface area contributed by atoms with E-state index >= 15 is 0 Å². The van der Waals surface area contributed by atoms with Crippen molar-refractivity contribution in [3.05, 3.63) is 63.1 Å². The molecule has 0 spiro atoms. The number of amides is 1. The SMILES string of the molecule is COCCN(CC(=O)Nc1cccc(C)c1C)Cc1ccc(Cl)c(Cl)c1. The van der Waals surface area contributed by atoms with Gasteiger partial charge in [0.05, 0.1) is 23.2 Å². The molecule has 0 atom stereocenters. The average molecular weight is 395 g/mol. The number of aryl methyl sites for hydroxylation is 1. The number of ether oxygens (including phenoxy) is 1.